The van der Waals surface area contributed by atoms with E-state index in [9.17, 15) is 22.0 Å². The third kappa shape index (κ3) is 6.38. The fourth-order valence-corrected chi connectivity index (χ4v) is 1.80. The van der Waals surface area contributed by atoms with Crippen molar-refractivity contribution in [3.8, 4) is 5.75 Å². The van der Waals surface area contributed by atoms with Crippen LogP contribution in [-0.4, -0.2) is 18.8 Å². The second-order valence-corrected chi connectivity index (χ2v) is 4.67. The molecule has 0 bridgehead atoms. The third-order valence-corrected chi connectivity index (χ3v) is 2.65. The van der Waals surface area contributed by atoms with Crippen molar-refractivity contribution in [3.63, 3.8) is 0 Å². The van der Waals surface area contributed by atoms with Crippen LogP contribution in [0.5, 0.6) is 5.75 Å². The van der Waals surface area contributed by atoms with E-state index in [2.05, 4.69) is 10.1 Å². The largest absolute Gasteiger partial charge is 0.434 e. The Morgan fingerprint density at radius 3 is 2.50 bits per heavy atom. The lowest BCUT2D eigenvalue weighted by Gasteiger charge is -2.17. The van der Waals surface area contributed by atoms with Crippen LogP contribution in [0.4, 0.5) is 22.0 Å². The van der Waals surface area contributed by atoms with Crippen molar-refractivity contribution in [2.75, 3.05) is 0 Å². The molecule has 1 unspecified atom stereocenters. The first-order valence-corrected chi connectivity index (χ1v) is 6.08. The maximum Gasteiger partial charge on any atom is 0.390 e. The standard InChI is InChI=1S/C12H13ClF5NO/c1-7(5-12(16,17)18)19-6-8-4-9(13)2-3-10(8)20-11(14)15/h2-4,7,11,19H,5-6H2,1H3. The number of halogens is 6. The third-order valence-electron chi connectivity index (χ3n) is 2.42. The summed E-state index contributed by atoms with van der Waals surface area (Å²) in [7, 11) is 0. The van der Waals surface area contributed by atoms with E-state index >= 15 is 0 Å². The normalized spacial score (nSPS) is 13.6. The quantitative estimate of drug-likeness (QED) is 0.787. The number of rotatable bonds is 6. The number of ether oxygens (including phenoxy) is 1. The van der Waals surface area contributed by atoms with Gasteiger partial charge in [0.15, 0.2) is 0 Å². The van der Waals surface area contributed by atoms with E-state index in [0.29, 0.717) is 0 Å². The summed E-state index contributed by atoms with van der Waals surface area (Å²) in [4.78, 5) is 0. The summed E-state index contributed by atoms with van der Waals surface area (Å²) in [5.41, 5.74) is 0.270. The molecule has 0 saturated carbocycles. The predicted molar refractivity (Wildman–Crippen MR) is 65.1 cm³/mol. The lowest BCUT2D eigenvalue weighted by atomic mass is 10.1. The SMILES string of the molecule is CC(CC(F)(F)F)NCc1cc(Cl)ccc1OC(F)F. The van der Waals surface area contributed by atoms with Gasteiger partial charge in [0.05, 0.1) is 6.42 Å². The van der Waals surface area contributed by atoms with E-state index in [0.717, 1.165) is 0 Å². The molecule has 8 heteroatoms. The minimum atomic E-state index is -4.29. The minimum absolute atomic E-state index is 0.0557. The second kappa shape index (κ2) is 7.08. The molecule has 1 N–H and O–H groups in total. The smallest absolute Gasteiger partial charge is 0.390 e. The molecule has 0 fully saturated rings. The Labute approximate surface area is 117 Å². The average Bonchev–Trinajstić information content (AvgIpc) is 2.26. The van der Waals surface area contributed by atoms with Crippen LogP contribution in [0, 0.1) is 0 Å². The molecular formula is C12H13ClF5NO. The molecule has 0 heterocycles. The van der Waals surface area contributed by atoms with Crippen LogP contribution >= 0.6 is 11.6 Å². The summed E-state index contributed by atoms with van der Waals surface area (Å²) < 4.78 is 65.2. The first kappa shape index (κ1) is 17.0. The van der Waals surface area contributed by atoms with Gasteiger partial charge in [-0.05, 0) is 25.1 Å². The average molecular weight is 318 g/mol. The topological polar surface area (TPSA) is 21.3 Å². The van der Waals surface area contributed by atoms with Crippen LogP contribution in [-0.2, 0) is 6.54 Å². The maximum absolute atomic E-state index is 12.2. The van der Waals surface area contributed by atoms with Crippen LogP contribution in [0.3, 0.4) is 0 Å². The molecule has 1 rings (SSSR count). The van der Waals surface area contributed by atoms with Crippen molar-refractivity contribution in [2.24, 2.45) is 0 Å². The van der Waals surface area contributed by atoms with Gasteiger partial charge >= 0.3 is 12.8 Å². The van der Waals surface area contributed by atoms with Gasteiger partial charge in [-0.15, -0.1) is 0 Å². The van der Waals surface area contributed by atoms with Crippen LogP contribution in [0.15, 0.2) is 18.2 Å². The molecular weight excluding hydrogens is 305 g/mol. The van der Waals surface area contributed by atoms with Gasteiger partial charge in [-0.1, -0.05) is 11.6 Å². The molecule has 0 aliphatic heterocycles. The van der Waals surface area contributed by atoms with Gasteiger partial charge in [-0.2, -0.15) is 22.0 Å². The summed E-state index contributed by atoms with van der Waals surface area (Å²) in [6.07, 6.45) is -5.30. The van der Waals surface area contributed by atoms with Gasteiger partial charge in [-0.3, -0.25) is 0 Å². The van der Waals surface area contributed by atoms with Crippen molar-refractivity contribution >= 4 is 11.6 Å². The zero-order chi connectivity index (χ0) is 15.3. The van der Waals surface area contributed by atoms with Crippen molar-refractivity contribution in [3.05, 3.63) is 28.8 Å². The molecule has 0 spiro atoms. The summed E-state index contributed by atoms with van der Waals surface area (Å²) in [6.45, 7) is -1.71. The van der Waals surface area contributed by atoms with E-state index in [1.165, 1.54) is 25.1 Å². The number of benzene rings is 1. The molecule has 2 nitrogen and oxygen atoms in total. The molecule has 0 radical (unpaired) electrons. The van der Waals surface area contributed by atoms with E-state index in [4.69, 9.17) is 11.6 Å². The summed E-state index contributed by atoms with van der Waals surface area (Å²) in [5, 5.41) is 2.88. The maximum atomic E-state index is 12.2. The van der Waals surface area contributed by atoms with Gasteiger partial charge in [0.25, 0.3) is 0 Å². The van der Waals surface area contributed by atoms with Crippen LogP contribution in [0.2, 0.25) is 5.02 Å². The van der Waals surface area contributed by atoms with Gasteiger partial charge in [0.1, 0.15) is 5.75 Å². The molecule has 1 aromatic carbocycles. The van der Waals surface area contributed by atoms with Crippen molar-refractivity contribution in [2.45, 2.75) is 38.7 Å². The number of alkyl halides is 5. The number of hydrogen-bond acceptors (Lipinski definition) is 2. The highest BCUT2D eigenvalue weighted by Crippen LogP contribution is 2.25. The highest BCUT2D eigenvalue weighted by atomic mass is 35.5. The highest BCUT2D eigenvalue weighted by Gasteiger charge is 2.29. The lowest BCUT2D eigenvalue weighted by molar-refractivity contribution is -0.139. The Morgan fingerprint density at radius 2 is 1.95 bits per heavy atom. The Kier molecular flexibility index (Phi) is 6.01. The number of hydrogen-bond donors (Lipinski definition) is 1. The van der Waals surface area contributed by atoms with E-state index < -0.39 is 25.3 Å². The Balaban J connectivity index is 2.68. The Bertz CT molecular complexity index is 438. The predicted octanol–water partition coefficient (Wildman–Crippen LogP) is 4.37. The zero-order valence-corrected chi connectivity index (χ0v) is 11.2. The van der Waals surface area contributed by atoms with Gasteiger partial charge < -0.3 is 10.1 Å². The second-order valence-electron chi connectivity index (χ2n) is 4.23. The molecule has 1 atom stereocenters. The Hall–Kier alpha value is -1.08. The van der Waals surface area contributed by atoms with Gasteiger partial charge in [-0.25, -0.2) is 0 Å². The summed E-state index contributed by atoms with van der Waals surface area (Å²) in [5.74, 6) is -0.115. The first-order valence-electron chi connectivity index (χ1n) is 5.71. The molecule has 114 valence electrons. The van der Waals surface area contributed by atoms with Gasteiger partial charge in [0.2, 0.25) is 0 Å². The minimum Gasteiger partial charge on any atom is -0.434 e. The van der Waals surface area contributed by atoms with Gasteiger partial charge in [0, 0.05) is 23.2 Å². The van der Waals surface area contributed by atoms with E-state index in [-0.39, 0.29) is 22.9 Å². The first-order chi connectivity index (χ1) is 9.17. The molecule has 0 amide bonds. The van der Waals surface area contributed by atoms with Crippen molar-refractivity contribution < 1.29 is 26.7 Å². The zero-order valence-electron chi connectivity index (χ0n) is 10.5. The fourth-order valence-electron chi connectivity index (χ4n) is 1.60. The van der Waals surface area contributed by atoms with Crippen LogP contribution in [0.1, 0.15) is 18.9 Å². The monoisotopic (exact) mass is 317 g/mol. The Morgan fingerprint density at radius 1 is 1.30 bits per heavy atom. The number of nitrogens with one attached hydrogen (secondary N) is 1. The van der Waals surface area contributed by atoms with Crippen LogP contribution in [0.25, 0.3) is 0 Å². The van der Waals surface area contributed by atoms with E-state index in [1.807, 2.05) is 0 Å². The molecule has 20 heavy (non-hydrogen) atoms. The molecule has 0 aromatic heterocycles. The van der Waals surface area contributed by atoms with E-state index in [1.54, 1.807) is 0 Å². The van der Waals surface area contributed by atoms with Crippen molar-refractivity contribution in [1.82, 2.24) is 5.32 Å². The molecule has 0 saturated heterocycles. The lowest BCUT2D eigenvalue weighted by Crippen LogP contribution is -2.30. The molecule has 0 aliphatic carbocycles. The van der Waals surface area contributed by atoms with Crippen molar-refractivity contribution in [1.29, 1.82) is 0 Å². The highest BCUT2D eigenvalue weighted by molar-refractivity contribution is 6.30. The molecule has 0 aliphatic rings. The summed E-state index contributed by atoms with van der Waals surface area (Å²) in [6, 6.07) is 3.13. The van der Waals surface area contributed by atoms with Crippen LogP contribution < -0.4 is 10.1 Å². The molecule has 1 aromatic rings. The summed E-state index contributed by atoms with van der Waals surface area (Å²) >= 11 is 5.72. The fraction of sp³-hybridized carbons (Fsp3) is 0.500.